The Morgan fingerprint density at radius 2 is 2.12 bits per heavy atom. The van der Waals surface area contributed by atoms with Crippen LogP contribution in [0.1, 0.15) is 19.4 Å². The summed E-state index contributed by atoms with van der Waals surface area (Å²) >= 11 is 6.65. The van der Waals surface area contributed by atoms with E-state index in [9.17, 15) is 5.11 Å². The number of aromatic amines is 1. The Bertz CT molecular complexity index is 756. The van der Waals surface area contributed by atoms with Gasteiger partial charge in [0.05, 0.1) is 18.3 Å². The molecule has 130 valence electrons. The number of ether oxygens (including phenoxy) is 1. The molecule has 2 aromatic rings. The highest BCUT2D eigenvalue weighted by Crippen LogP contribution is 2.51. The third kappa shape index (κ3) is 2.14. The van der Waals surface area contributed by atoms with Crippen LogP contribution in [0, 0.1) is 5.92 Å². The summed E-state index contributed by atoms with van der Waals surface area (Å²) < 4.78 is 6.33. The van der Waals surface area contributed by atoms with Crippen LogP contribution in [0.15, 0.2) is 18.3 Å². The highest BCUT2D eigenvalue weighted by atomic mass is 35.5. The number of piperazine rings is 1. The maximum atomic E-state index is 11.5. The van der Waals surface area contributed by atoms with E-state index in [2.05, 4.69) is 20.4 Å². The van der Waals surface area contributed by atoms with Gasteiger partial charge >= 0.3 is 0 Å². The SMILES string of the molecule is CC1COC(c2cc3[nH]ncc3cc2Cl)(N2CCNCC2)C1(C)O. The summed E-state index contributed by atoms with van der Waals surface area (Å²) in [6.45, 7) is 7.68. The van der Waals surface area contributed by atoms with Gasteiger partial charge in [-0.05, 0) is 19.1 Å². The van der Waals surface area contributed by atoms with Crippen LogP contribution in [0.25, 0.3) is 10.9 Å². The van der Waals surface area contributed by atoms with Crippen LogP contribution in [0.3, 0.4) is 0 Å². The zero-order valence-electron chi connectivity index (χ0n) is 14.0. The molecule has 3 N–H and O–H groups in total. The van der Waals surface area contributed by atoms with Crippen molar-refractivity contribution in [3.8, 4) is 0 Å². The number of halogens is 1. The highest BCUT2D eigenvalue weighted by molar-refractivity contribution is 6.32. The van der Waals surface area contributed by atoms with Crippen LogP contribution in [-0.2, 0) is 10.5 Å². The molecule has 4 rings (SSSR count). The number of fused-ring (bicyclic) bond motifs is 1. The number of rotatable bonds is 2. The Morgan fingerprint density at radius 3 is 2.79 bits per heavy atom. The first-order chi connectivity index (χ1) is 11.5. The molecule has 7 heteroatoms. The number of hydrogen-bond acceptors (Lipinski definition) is 5. The van der Waals surface area contributed by atoms with Gasteiger partial charge in [-0.15, -0.1) is 0 Å². The molecule has 0 radical (unpaired) electrons. The average Bonchev–Trinajstić information content (AvgIpc) is 3.11. The van der Waals surface area contributed by atoms with Crippen LogP contribution in [0.4, 0.5) is 0 Å². The van der Waals surface area contributed by atoms with E-state index in [-0.39, 0.29) is 5.92 Å². The second-order valence-electron chi connectivity index (χ2n) is 7.03. The van der Waals surface area contributed by atoms with E-state index >= 15 is 0 Å². The number of H-pyrrole nitrogens is 1. The molecule has 2 aliphatic heterocycles. The molecular formula is C17H23ClN4O2. The van der Waals surface area contributed by atoms with Gasteiger partial charge in [-0.2, -0.15) is 5.10 Å². The minimum absolute atomic E-state index is 0.000848. The van der Waals surface area contributed by atoms with Gasteiger partial charge in [0.2, 0.25) is 0 Å². The largest absolute Gasteiger partial charge is 0.385 e. The van der Waals surface area contributed by atoms with Gasteiger partial charge < -0.3 is 15.2 Å². The zero-order chi connectivity index (χ0) is 16.9. The molecule has 1 aromatic heterocycles. The molecule has 0 amide bonds. The van der Waals surface area contributed by atoms with Crippen LogP contribution in [0.2, 0.25) is 5.02 Å². The summed E-state index contributed by atoms with van der Waals surface area (Å²) in [6, 6.07) is 3.86. The predicted molar refractivity (Wildman–Crippen MR) is 93.0 cm³/mol. The summed E-state index contributed by atoms with van der Waals surface area (Å²) in [4.78, 5) is 2.22. The Morgan fingerprint density at radius 1 is 1.38 bits per heavy atom. The predicted octanol–water partition coefficient (Wildman–Crippen LogP) is 1.69. The lowest BCUT2D eigenvalue weighted by molar-refractivity contribution is -0.220. The Hall–Kier alpha value is -1.18. The first-order valence-corrected chi connectivity index (χ1v) is 8.80. The molecule has 1 aromatic carbocycles. The molecule has 0 bridgehead atoms. The molecule has 3 heterocycles. The van der Waals surface area contributed by atoms with Crippen molar-refractivity contribution in [1.82, 2.24) is 20.4 Å². The standard InChI is InChI=1S/C17H23ClN4O2/c1-11-10-24-17(16(11,2)23,22-5-3-19-4-6-22)13-8-15-12(7-14(13)18)9-20-21-15/h7-9,11,19,23H,3-6,10H2,1-2H3,(H,20,21). The normalized spacial score (nSPS) is 34.9. The van der Waals surface area contributed by atoms with Crippen LogP contribution < -0.4 is 5.32 Å². The molecule has 3 atom stereocenters. The summed E-state index contributed by atoms with van der Waals surface area (Å²) in [5.74, 6) is 0.000848. The van der Waals surface area contributed by atoms with Crippen LogP contribution in [0.5, 0.6) is 0 Å². The fraction of sp³-hybridized carbons (Fsp3) is 0.588. The summed E-state index contributed by atoms with van der Waals surface area (Å²) in [7, 11) is 0. The number of benzene rings is 1. The number of nitrogens with zero attached hydrogens (tertiary/aromatic N) is 2. The van der Waals surface area contributed by atoms with Gasteiger partial charge in [0.1, 0.15) is 5.60 Å². The number of hydrogen-bond donors (Lipinski definition) is 3. The molecule has 2 fully saturated rings. The van der Waals surface area contributed by atoms with Crippen molar-refractivity contribution in [1.29, 1.82) is 0 Å². The summed E-state index contributed by atoms with van der Waals surface area (Å²) in [5, 5.41) is 23.4. The van der Waals surface area contributed by atoms with E-state index in [1.54, 1.807) is 6.20 Å². The lowest BCUT2D eigenvalue weighted by Crippen LogP contribution is -2.63. The topological polar surface area (TPSA) is 73.4 Å². The summed E-state index contributed by atoms with van der Waals surface area (Å²) in [5.41, 5.74) is -0.313. The molecule has 0 saturated carbocycles. The van der Waals surface area contributed by atoms with Crippen molar-refractivity contribution < 1.29 is 9.84 Å². The molecule has 3 unspecified atom stereocenters. The van der Waals surface area contributed by atoms with E-state index in [4.69, 9.17) is 16.3 Å². The third-order valence-electron chi connectivity index (χ3n) is 5.64. The second-order valence-corrected chi connectivity index (χ2v) is 7.44. The minimum atomic E-state index is -1.05. The van der Waals surface area contributed by atoms with Gasteiger partial charge in [-0.25, -0.2) is 0 Å². The van der Waals surface area contributed by atoms with E-state index in [0.29, 0.717) is 11.6 Å². The van der Waals surface area contributed by atoms with Crippen molar-refractivity contribution in [2.24, 2.45) is 5.92 Å². The Labute approximate surface area is 146 Å². The molecule has 6 nitrogen and oxygen atoms in total. The number of nitrogens with one attached hydrogen (secondary N) is 2. The number of aromatic nitrogens is 2. The molecule has 2 saturated heterocycles. The Balaban J connectivity index is 1.93. The molecular weight excluding hydrogens is 328 g/mol. The van der Waals surface area contributed by atoms with E-state index in [1.807, 2.05) is 26.0 Å². The van der Waals surface area contributed by atoms with Gasteiger partial charge in [-0.1, -0.05) is 18.5 Å². The van der Waals surface area contributed by atoms with E-state index in [1.165, 1.54) is 0 Å². The molecule has 2 aliphatic rings. The van der Waals surface area contributed by atoms with Gasteiger partial charge in [0, 0.05) is 48.1 Å². The fourth-order valence-corrected chi connectivity index (χ4v) is 4.32. The lowest BCUT2D eigenvalue weighted by atomic mass is 9.78. The minimum Gasteiger partial charge on any atom is -0.385 e. The zero-order valence-corrected chi connectivity index (χ0v) is 14.7. The maximum absolute atomic E-state index is 11.5. The quantitative estimate of drug-likeness (QED) is 0.768. The van der Waals surface area contributed by atoms with Gasteiger partial charge in [0.15, 0.2) is 5.72 Å². The first-order valence-electron chi connectivity index (χ1n) is 8.42. The monoisotopic (exact) mass is 350 g/mol. The van der Waals surface area contributed by atoms with Crippen molar-refractivity contribution >= 4 is 22.5 Å². The molecule has 24 heavy (non-hydrogen) atoms. The summed E-state index contributed by atoms with van der Waals surface area (Å²) in [6.07, 6.45) is 1.75. The maximum Gasteiger partial charge on any atom is 0.178 e. The fourth-order valence-electron chi connectivity index (χ4n) is 4.02. The first kappa shape index (κ1) is 16.3. The number of aliphatic hydroxyl groups is 1. The smallest absolute Gasteiger partial charge is 0.178 e. The average molecular weight is 351 g/mol. The second kappa shape index (κ2) is 5.68. The van der Waals surface area contributed by atoms with Crippen LogP contribution >= 0.6 is 11.6 Å². The van der Waals surface area contributed by atoms with E-state index in [0.717, 1.165) is 42.6 Å². The lowest BCUT2D eigenvalue weighted by Gasteiger charge is -2.50. The van der Waals surface area contributed by atoms with Crippen LogP contribution in [-0.4, -0.2) is 58.6 Å². The molecule has 0 spiro atoms. The van der Waals surface area contributed by atoms with Gasteiger partial charge in [0.25, 0.3) is 0 Å². The molecule has 0 aliphatic carbocycles. The van der Waals surface area contributed by atoms with Crippen molar-refractivity contribution in [2.75, 3.05) is 32.8 Å². The van der Waals surface area contributed by atoms with E-state index < -0.39 is 11.3 Å². The Kier molecular flexibility index (Phi) is 3.85. The van der Waals surface area contributed by atoms with Crippen molar-refractivity contribution in [3.63, 3.8) is 0 Å². The highest BCUT2D eigenvalue weighted by Gasteiger charge is 2.61. The van der Waals surface area contributed by atoms with Gasteiger partial charge in [-0.3, -0.25) is 10.00 Å². The van der Waals surface area contributed by atoms with Crippen molar-refractivity contribution in [3.05, 3.63) is 28.9 Å². The van der Waals surface area contributed by atoms with Crippen molar-refractivity contribution in [2.45, 2.75) is 25.2 Å². The third-order valence-corrected chi connectivity index (χ3v) is 5.96.